The molecule has 2 aliphatic rings. The molecule has 94 valence electrons. The van der Waals surface area contributed by atoms with E-state index in [1.807, 2.05) is 6.07 Å². The van der Waals surface area contributed by atoms with Crippen LogP contribution in [0.15, 0.2) is 10.5 Å². The SMILES string of the molecule is CN1[C@@H]2CC[C@H]1C[C@@H](Oc1sc(Cl)cc1Br)C2. The Labute approximate surface area is 119 Å². The summed E-state index contributed by atoms with van der Waals surface area (Å²) in [5.74, 6) is 0. The topological polar surface area (TPSA) is 12.5 Å². The number of hydrogen-bond donors (Lipinski definition) is 0. The van der Waals surface area contributed by atoms with E-state index in [2.05, 4.69) is 27.9 Å². The van der Waals surface area contributed by atoms with Crippen LogP contribution in [0.4, 0.5) is 0 Å². The van der Waals surface area contributed by atoms with Gasteiger partial charge < -0.3 is 9.64 Å². The highest BCUT2D eigenvalue weighted by atomic mass is 79.9. The van der Waals surface area contributed by atoms with Crippen LogP contribution in [0.1, 0.15) is 25.7 Å². The van der Waals surface area contributed by atoms with Gasteiger partial charge in [-0.3, -0.25) is 0 Å². The summed E-state index contributed by atoms with van der Waals surface area (Å²) in [6.07, 6.45) is 5.31. The summed E-state index contributed by atoms with van der Waals surface area (Å²) in [5, 5.41) is 0.934. The second-order valence-electron chi connectivity index (χ2n) is 4.95. The third-order valence-electron chi connectivity index (χ3n) is 3.95. The molecule has 0 radical (unpaired) electrons. The summed E-state index contributed by atoms with van der Waals surface area (Å²) in [6, 6.07) is 3.34. The van der Waals surface area contributed by atoms with Gasteiger partial charge in [-0.15, -0.1) is 0 Å². The maximum atomic E-state index is 6.10. The molecule has 1 aromatic heterocycles. The molecule has 0 unspecified atom stereocenters. The minimum Gasteiger partial charge on any atom is -0.480 e. The first-order valence-electron chi connectivity index (χ1n) is 5.97. The minimum atomic E-state index is 0.356. The molecule has 5 heteroatoms. The lowest BCUT2D eigenvalue weighted by molar-refractivity contribution is 0.0681. The zero-order valence-corrected chi connectivity index (χ0v) is 12.8. The molecule has 0 aliphatic carbocycles. The van der Waals surface area contributed by atoms with Gasteiger partial charge in [-0.1, -0.05) is 22.9 Å². The molecule has 3 heterocycles. The van der Waals surface area contributed by atoms with Crippen LogP contribution in [0.2, 0.25) is 4.34 Å². The van der Waals surface area contributed by atoms with Gasteiger partial charge in [0.15, 0.2) is 5.06 Å². The predicted molar refractivity (Wildman–Crippen MR) is 75.3 cm³/mol. The Morgan fingerprint density at radius 2 is 2.06 bits per heavy atom. The van der Waals surface area contributed by atoms with Gasteiger partial charge in [0.25, 0.3) is 0 Å². The first-order valence-corrected chi connectivity index (χ1v) is 7.95. The van der Waals surface area contributed by atoms with Crippen LogP contribution in [0.5, 0.6) is 5.06 Å². The molecule has 2 bridgehead atoms. The van der Waals surface area contributed by atoms with Crippen LogP contribution < -0.4 is 4.74 Å². The van der Waals surface area contributed by atoms with Crippen molar-refractivity contribution in [1.29, 1.82) is 0 Å². The third-order valence-corrected chi connectivity index (χ3v) is 5.96. The van der Waals surface area contributed by atoms with Crippen molar-refractivity contribution in [3.63, 3.8) is 0 Å². The second-order valence-corrected chi connectivity index (χ2v) is 7.45. The van der Waals surface area contributed by atoms with Crippen molar-refractivity contribution in [1.82, 2.24) is 4.90 Å². The largest absolute Gasteiger partial charge is 0.480 e. The number of hydrogen-bond acceptors (Lipinski definition) is 3. The zero-order valence-electron chi connectivity index (χ0n) is 9.66. The highest BCUT2D eigenvalue weighted by Gasteiger charge is 2.39. The van der Waals surface area contributed by atoms with E-state index in [0.29, 0.717) is 18.2 Å². The second kappa shape index (κ2) is 4.72. The molecule has 2 aliphatic heterocycles. The summed E-state index contributed by atoms with van der Waals surface area (Å²) in [6.45, 7) is 0. The molecule has 0 aromatic carbocycles. The molecule has 2 fully saturated rings. The maximum absolute atomic E-state index is 6.10. The van der Waals surface area contributed by atoms with E-state index in [-0.39, 0.29) is 0 Å². The normalized spacial score (nSPS) is 33.0. The molecule has 0 N–H and O–H groups in total. The van der Waals surface area contributed by atoms with Crippen LogP contribution in [-0.2, 0) is 0 Å². The van der Waals surface area contributed by atoms with Crippen LogP contribution in [-0.4, -0.2) is 30.1 Å². The number of ether oxygens (including phenoxy) is 1. The predicted octanol–water partition coefficient (Wildman–Crippen LogP) is 4.17. The van der Waals surface area contributed by atoms with Gasteiger partial charge in [-0.25, -0.2) is 0 Å². The highest BCUT2D eigenvalue weighted by molar-refractivity contribution is 9.10. The van der Waals surface area contributed by atoms with Crippen molar-refractivity contribution < 1.29 is 4.74 Å². The van der Waals surface area contributed by atoms with E-state index in [1.165, 1.54) is 24.2 Å². The Kier molecular flexibility index (Phi) is 3.41. The van der Waals surface area contributed by atoms with E-state index in [4.69, 9.17) is 16.3 Å². The molecular weight excluding hydrogens is 322 g/mol. The van der Waals surface area contributed by atoms with E-state index >= 15 is 0 Å². The summed E-state index contributed by atoms with van der Waals surface area (Å²) < 4.78 is 7.86. The number of nitrogens with zero attached hydrogens (tertiary/aromatic N) is 1. The summed E-state index contributed by atoms with van der Waals surface area (Å²) in [5.41, 5.74) is 0. The molecule has 3 atom stereocenters. The van der Waals surface area contributed by atoms with Crippen LogP contribution >= 0.6 is 38.9 Å². The maximum Gasteiger partial charge on any atom is 0.189 e. The van der Waals surface area contributed by atoms with Crippen molar-refractivity contribution in [2.24, 2.45) is 0 Å². The van der Waals surface area contributed by atoms with Gasteiger partial charge in [0.2, 0.25) is 0 Å². The van der Waals surface area contributed by atoms with Crippen molar-refractivity contribution in [3.05, 3.63) is 14.9 Å². The molecular formula is C12H15BrClNOS. The standard InChI is InChI=1S/C12H15BrClNOS/c1-15-7-2-3-8(15)5-9(4-7)16-12-10(13)6-11(14)17-12/h6-9H,2-5H2,1H3/t7-,8+,9+. The quantitative estimate of drug-likeness (QED) is 0.804. The lowest BCUT2D eigenvalue weighted by Crippen LogP contribution is -2.43. The fraction of sp³-hybridized carbons (Fsp3) is 0.667. The Balaban J connectivity index is 1.69. The fourth-order valence-electron chi connectivity index (χ4n) is 3.01. The van der Waals surface area contributed by atoms with Gasteiger partial charge in [-0.2, -0.15) is 0 Å². The first-order chi connectivity index (χ1) is 8.13. The molecule has 2 saturated heterocycles. The number of piperidine rings is 1. The van der Waals surface area contributed by atoms with E-state index < -0.39 is 0 Å². The Bertz CT molecular complexity index is 411. The van der Waals surface area contributed by atoms with E-state index in [0.717, 1.165) is 26.7 Å². The number of fused-ring (bicyclic) bond motifs is 2. The van der Waals surface area contributed by atoms with Gasteiger partial charge >= 0.3 is 0 Å². The summed E-state index contributed by atoms with van der Waals surface area (Å²) >= 11 is 11.0. The van der Waals surface area contributed by atoms with Crippen molar-refractivity contribution in [3.8, 4) is 5.06 Å². The third kappa shape index (κ3) is 2.37. The Morgan fingerprint density at radius 3 is 2.59 bits per heavy atom. The minimum absolute atomic E-state index is 0.356. The van der Waals surface area contributed by atoms with Gasteiger partial charge in [0, 0.05) is 12.1 Å². The van der Waals surface area contributed by atoms with Gasteiger partial charge in [0.05, 0.1) is 8.81 Å². The lowest BCUT2D eigenvalue weighted by Gasteiger charge is -2.36. The average Bonchev–Trinajstić information content (AvgIpc) is 2.68. The molecule has 0 spiro atoms. The smallest absolute Gasteiger partial charge is 0.189 e. The fourth-order valence-corrected chi connectivity index (χ4v) is 4.88. The lowest BCUT2D eigenvalue weighted by atomic mass is 10.0. The van der Waals surface area contributed by atoms with Crippen molar-refractivity contribution in [2.75, 3.05) is 7.05 Å². The van der Waals surface area contributed by atoms with Crippen LogP contribution in [0.25, 0.3) is 0 Å². The van der Waals surface area contributed by atoms with Gasteiger partial charge in [0.1, 0.15) is 6.10 Å². The number of halogens is 2. The van der Waals surface area contributed by atoms with E-state index in [1.54, 1.807) is 0 Å². The van der Waals surface area contributed by atoms with Crippen LogP contribution in [0.3, 0.4) is 0 Å². The monoisotopic (exact) mass is 335 g/mol. The molecule has 2 nitrogen and oxygen atoms in total. The highest BCUT2D eigenvalue weighted by Crippen LogP contribution is 2.41. The number of rotatable bonds is 2. The average molecular weight is 337 g/mol. The van der Waals surface area contributed by atoms with Crippen molar-refractivity contribution >= 4 is 38.9 Å². The summed E-state index contributed by atoms with van der Waals surface area (Å²) in [4.78, 5) is 2.52. The summed E-state index contributed by atoms with van der Waals surface area (Å²) in [7, 11) is 2.25. The zero-order chi connectivity index (χ0) is 12.0. The molecule has 3 rings (SSSR count). The van der Waals surface area contributed by atoms with E-state index in [9.17, 15) is 0 Å². The molecule has 17 heavy (non-hydrogen) atoms. The Morgan fingerprint density at radius 1 is 1.41 bits per heavy atom. The molecule has 1 aromatic rings. The first kappa shape index (κ1) is 12.3. The Hall–Kier alpha value is 0.230. The number of thiophene rings is 1. The van der Waals surface area contributed by atoms with Gasteiger partial charge in [-0.05, 0) is 54.7 Å². The molecule has 0 amide bonds. The van der Waals surface area contributed by atoms with Crippen LogP contribution in [0, 0.1) is 0 Å². The molecule has 0 saturated carbocycles. The van der Waals surface area contributed by atoms with Crippen molar-refractivity contribution in [2.45, 2.75) is 43.9 Å².